The number of nitrogens with zero attached hydrogens (tertiary/aromatic N) is 3. The van der Waals surface area contributed by atoms with Gasteiger partial charge in [-0.25, -0.2) is 15.0 Å². The van der Waals surface area contributed by atoms with Gasteiger partial charge in [-0.3, -0.25) is 0 Å². The monoisotopic (exact) mass is 665 g/mol. The van der Waals surface area contributed by atoms with Crippen LogP contribution < -0.4 is 0 Å². The summed E-state index contributed by atoms with van der Waals surface area (Å²) in [6, 6.07) is 53.9. The highest BCUT2D eigenvalue weighted by Crippen LogP contribution is 2.52. The highest BCUT2D eigenvalue weighted by molar-refractivity contribution is 6.19. The van der Waals surface area contributed by atoms with Crippen LogP contribution in [-0.4, -0.2) is 15.0 Å². The lowest BCUT2D eigenvalue weighted by Gasteiger charge is -2.21. The van der Waals surface area contributed by atoms with Crippen molar-refractivity contribution >= 4 is 65.6 Å². The quantitative estimate of drug-likeness (QED) is 0.184. The van der Waals surface area contributed by atoms with E-state index in [0.717, 1.165) is 65.4 Å². The zero-order valence-corrected chi connectivity index (χ0v) is 28.7. The van der Waals surface area contributed by atoms with E-state index in [1.165, 1.54) is 27.8 Å². The molecule has 0 atom stereocenters. The van der Waals surface area contributed by atoms with Gasteiger partial charge in [-0.2, -0.15) is 0 Å². The lowest BCUT2D eigenvalue weighted by molar-refractivity contribution is 0.660. The third kappa shape index (κ3) is 4.18. The van der Waals surface area contributed by atoms with Crippen molar-refractivity contribution in [3.8, 4) is 33.6 Å². The maximum atomic E-state index is 6.43. The molecular formula is C48H31N3O. The van der Waals surface area contributed by atoms with Crippen molar-refractivity contribution in [2.45, 2.75) is 19.3 Å². The van der Waals surface area contributed by atoms with E-state index in [4.69, 9.17) is 19.4 Å². The highest BCUT2D eigenvalue weighted by Gasteiger charge is 2.36. The van der Waals surface area contributed by atoms with Gasteiger partial charge in [0.1, 0.15) is 11.2 Å². The number of hydrogen-bond donors (Lipinski definition) is 0. The second kappa shape index (κ2) is 10.7. The van der Waals surface area contributed by atoms with Crippen LogP contribution in [0, 0.1) is 0 Å². The van der Waals surface area contributed by atoms with Crippen molar-refractivity contribution in [1.82, 2.24) is 15.0 Å². The molecule has 52 heavy (non-hydrogen) atoms. The molecule has 10 aromatic rings. The predicted octanol–water partition coefficient (Wildman–Crippen LogP) is 12.6. The minimum absolute atomic E-state index is 0.0763. The van der Waals surface area contributed by atoms with Crippen LogP contribution in [0.1, 0.15) is 25.0 Å². The summed E-state index contributed by atoms with van der Waals surface area (Å²) in [5, 5.41) is 8.44. The van der Waals surface area contributed by atoms with Gasteiger partial charge in [-0.15, -0.1) is 0 Å². The van der Waals surface area contributed by atoms with Gasteiger partial charge < -0.3 is 4.42 Å². The van der Waals surface area contributed by atoms with E-state index in [9.17, 15) is 0 Å². The fraction of sp³-hybridized carbons (Fsp3) is 0.0625. The van der Waals surface area contributed by atoms with Gasteiger partial charge in [0.2, 0.25) is 0 Å². The third-order valence-corrected chi connectivity index (χ3v) is 11.1. The zero-order valence-electron chi connectivity index (χ0n) is 28.7. The highest BCUT2D eigenvalue weighted by atomic mass is 16.3. The molecule has 4 nitrogen and oxygen atoms in total. The summed E-state index contributed by atoms with van der Waals surface area (Å²) in [4.78, 5) is 15.6. The van der Waals surface area contributed by atoms with Gasteiger partial charge in [0, 0.05) is 32.5 Å². The summed E-state index contributed by atoms with van der Waals surface area (Å²) in [6.07, 6.45) is 0. The molecule has 7 aromatic carbocycles. The number of fused-ring (bicyclic) bond motifs is 13. The van der Waals surface area contributed by atoms with Gasteiger partial charge in [-0.05, 0) is 85.3 Å². The Kier molecular flexibility index (Phi) is 5.98. The molecular weight excluding hydrogens is 635 g/mol. The Morgan fingerprint density at radius 2 is 1.12 bits per heavy atom. The lowest BCUT2D eigenvalue weighted by atomic mass is 9.82. The Hall–Kier alpha value is -6.65. The Morgan fingerprint density at radius 3 is 2.02 bits per heavy atom. The normalized spacial score (nSPS) is 13.3. The van der Waals surface area contributed by atoms with Gasteiger partial charge in [0.15, 0.2) is 17.1 Å². The van der Waals surface area contributed by atoms with Gasteiger partial charge in [-0.1, -0.05) is 135 Å². The fourth-order valence-corrected chi connectivity index (χ4v) is 8.57. The Morgan fingerprint density at radius 1 is 0.442 bits per heavy atom. The Bertz CT molecular complexity index is 3170. The van der Waals surface area contributed by atoms with Crippen LogP contribution in [0.3, 0.4) is 0 Å². The number of rotatable bonds is 2. The minimum Gasteiger partial charge on any atom is -0.456 e. The first-order chi connectivity index (χ1) is 25.5. The van der Waals surface area contributed by atoms with E-state index >= 15 is 0 Å². The molecule has 1 aliphatic rings. The summed E-state index contributed by atoms with van der Waals surface area (Å²) >= 11 is 0. The van der Waals surface area contributed by atoms with E-state index in [0.29, 0.717) is 17.1 Å². The van der Waals surface area contributed by atoms with Crippen molar-refractivity contribution in [3.63, 3.8) is 0 Å². The lowest BCUT2D eigenvalue weighted by Crippen LogP contribution is -2.14. The van der Waals surface area contributed by atoms with Crippen molar-refractivity contribution in [3.05, 3.63) is 163 Å². The van der Waals surface area contributed by atoms with Crippen molar-refractivity contribution in [1.29, 1.82) is 0 Å². The number of benzene rings is 7. The average Bonchev–Trinajstić information content (AvgIpc) is 3.69. The molecule has 0 spiro atoms. The minimum atomic E-state index is -0.0763. The summed E-state index contributed by atoms with van der Waals surface area (Å²) in [7, 11) is 0. The topological polar surface area (TPSA) is 51.8 Å². The van der Waals surface area contributed by atoms with Gasteiger partial charge >= 0.3 is 0 Å². The van der Waals surface area contributed by atoms with Crippen molar-refractivity contribution < 1.29 is 4.42 Å². The molecule has 3 aromatic heterocycles. The van der Waals surface area contributed by atoms with Gasteiger partial charge in [0.25, 0.3) is 0 Å². The summed E-state index contributed by atoms with van der Waals surface area (Å²) in [6.45, 7) is 4.65. The molecule has 0 unspecified atom stereocenters. The summed E-state index contributed by atoms with van der Waals surface area (Å²) < 4.78 is 6.43. The van der Waals surface area contributed by atoms with E-state index < -0.39 is 0 Å². The maximum absolute atomic E-state index is 6.43. The standard InChI is InChI=1S/C48H31N3O/c1-48(2)39-20-6-5-17-36(39)43-35(18-9-21-40(43)48)29-12-8-14-32(26-29)46-49-45-31-13-7-11-28(25-31)33-15-3-4-16-34(33)30-23-24-41-38(27-30)44-37(47(50-45)51-46)19-10-22-42(44)52-41/h3-27H,1-2H3. The summed E-state index contributed by atoms with van der Waals surface area (Å²) in [5.41, 5.74) is 11.4. The molecule has 244 valence electrons. The SMILES string of the molecule is CC1(C)c2ccccc2-c2c(-c3cccc(-c4nc5nc(n4)c4cccc6oc7ccc(cc7c64)c4ccccc4c4cccc5c4)c3)cccc21. The van der Waals surface area contributed by atoms with Crippen LogP contribution in [0.25, 0.3) is 99.2 Å². The number of furan rings is 1. The van der Waals surface area contributed by atoms with Crippen LogP contribution in [0.15, 0.2) is 156 Å². The fourth-order valence-electron chi connectivity index (χ4n) is 8.57. The van der Waals surface area contributed by atoms with Crippen LogP contribution in [-0.2, 0) is 5.41 Å². The molecule has 11 rings (SSSR count). The molecule has 0 fully saturated rings. The Labute approximate surface area is 299 Å². The molecule has 0 aliphatic heterocycles. The maximum Gasteiger partial charge on any atom is 0.164 e. The van der Waals surface area contributed by atoms with E-state index in [1.807, 2.05) is 12.1 Å². The number of hydrogen-bond acceptors (Lipinski definition) is 4. The molecule has 4 heteroatoms. The molecule has 0 N–H and O–H groups in total. The zero-order chi connectivity index (χ0) is 34.6. The van der Waals surface area contributed by atoms with Crippen molar-refractivity contribution in [2.24, 2.45) is 0 Å². The first kappa shape index (κ1) is 29.1. The molecule has 0 amide bonds. The molecule has 1 aliphatic carbocycles. The van der Waals surface area contributed by atoms with Crippen LogP contribution >= 0.6 is 0 Å². The first-order valence-electron chi connectivity index (χ1n) is 17.8. The van der Waals surface area contributed by atoms with E-state index in [1.54, 1.807) is 0 Å². The Balaban J connectivity index is 1.23. The van der Waals surface area contributed by atoms with Crippen LogP contribution in [0.2, 0.25) is 0 Å². The molecule has 3 heterocycles. The second-order valence-corrected chi connectivity index (χ2v) is 14.4. The molecule has 0 saturated carbocycles. The predicted molar refractivity (Wildman–Crippen MR) is 214 cm³/mol. The van der Waals surface area contributed by atoms with Gasteiger partial charge in [0.05, 0.1) is 0 Å². The molecule has 0 radical (unpaired) electrons. The van der Waals surface area contributed by atoms with E-state index in [2.05, 4.69) is 153 Å². The van der Waals surface area contributed by atoms with Crippen LogP contribution in [0.5, 0.6) is 0 Å². The number of aromatic nitrogens is 3. The van der Waals surface area contributed by atoms with E-state index in [-0.39, 0.29) is 5.41 Å². The second-order valence-electron chi connectivity index (χ2n) is 14.4. The largest absolute Gasteiger partial charge is 0.456 e. The van der Waals surface area contributed by atoms with Crippen molar-refractivity contribution in [2.75, 3.05) is 0 Å². The van der Waals surface area contributed by atoms with Crippen LogP contribution in [0.4, 0.5) is 0 Å². The molecule has 6 bridgehead atoms. The smallest absolute Gasteiger partial charge is 0.164 e. The average molecular weight is 666 g/mol. The molecule has 0 saturated heterocycles. The summed E-state index contributed by atoms with van der Waals surface area (Å²) in [5.74, 6) is 0.626. The first-order valence-corrected chi connectivity index (χ1v) is 17.8. The third-order valence-electron chi connectivity index (χ3n) is 11.1.